The Balaban J connectivity index is 1.50. The van der Waals surface area contributed by atoms with Crippen LogP contribution in [0.4, 0.5) is 9.52 Å². The van der Waals surface area contributed by atoms with Crippen LogP contribution in [-0.4, -0.2) is 19.9 Å². The fourth-order valence-electron chi connectivity index (χ4n) is 2.55. The minimum Gasteiger partial charge on any atom is -0.356 e. The van der Waals surface area contributed by atoms with Gasteiger partial charge in [-0.2, -0.15) is 0 Å². The molecule has 0 aliphatic heterocycles. The van der Waals surface area contributed by atoms with E-state index < -0.39 is 0 Å². The molecule has 26 heavy (non-hydrogen) atoms. The highest BCUT2D eigenvalue weighted by Gasteiger charge is 2.13. The van der Waals surface area contributed by atoms with Gasteiger partial charge in [-0.1, -0.05) is 23.2 Å². The number of rotatable bonds is 5. The first-order chi connectivity index (χ1) is 12.6. The molecule has 4 aromatic heterocycles. The summed E-state index contributed by atoms with van der Waals surface area (Å²) in [7, 11) is 0. The van der Waals surface area contributed by atoms with E-state index in [9.17, 15) is 4.39 Å². The maximum atomic E-state index is 12.9. The number of pyridine rings is 2. The largest absolute Gasteiger partial charge is 0.356 e. The lowest BCUT2D eigenvalue weighted by atomic mass is 10.1. The first-order valence-corrected chi connectivity index (χ1v) is 9.27. The van der Waals surface area contributed by atoms with Gasteiger partial charge in [-0.25, -0.2) is 14.4 Å². The lowest BCUT2D eigenvalue weighted by Gasteiger charge is -2.01. The van der Waals surface area contributed by atoms with E-state index in [0.717, 1.165) is 27.2 Å². The number of hydrogen-bond acceptors (Lipinski definition) is 5. The highest BCUT2D eigenvalue weighted by Crippen LogP contribution is 2.31. The molecule has 2 N–H and O–H groups in total. The number of halogens is 3. The van der Waals surface area contributed by atoms with Crippen LogP contribution in [-0.2, 0) is 13.0 Å². The monoisotopic (exact) mass is 407 g/mol. The normalized spacial score (nSPS) is 11.2. The molecule has 132 valence electrons. The molecule has 4 heterocycles. The highest BCUT2D eigenvalue weighted by molar-refractivity contribution is 7.16. The number of aromatic nitrogens is 4. The van der Waals surface area contributed by atoms with E-state index in [1.807, 2.05) is 12.3 Å². The molecule has 0 radical (unpaired) electrons. The number of fused-ring (bicyclic) bond motifs is 1. The van der Waals surface area contributed by atoms with Crippen LogP contribution in [0.15, 0.2) is 36.8 Å². The molecule has 0 atom stereocenters. The zero-order valence-corrected chi connectivity index (χ0v) is 15.6. The molecule has 0 amide bonds. The summed E-state index contributed by atoms with van der Waals surface area (Å²) in [5.41, 5.74) is 2.55. The third-order valence-electron chi connectivity index (χ3n) is 3.79. The van der Waals surface area contributed by atoms with Crippen molar-refractivity contribution in [3.05, 3.63) is 68.9 Å². The summed E-state index contributed by atoms with van der Waals surface area (Å²) in [6.45, 7) is 0.441. The number of H-pyrrole nitrogens is 1. The van der Waals surface area contributed by atoms with E-state index in [2.05, 4.69) is 25.3 Å². The fourth-order valence-corrected chi connectivity index (χ4v) is 3.89. The van der Waals surface area contributed by atoms with Gasteiger partial charge in [0.1, 0.15) is 16.6 Å². The molecule has 0 aliphatic carbocycles. The van der Waals surface area contributed by atoms with Gasteiger partial charge in [0, 0.05) is 24.2 Å². The summed E-state index contributed by atoms with van der Waals surface area (Å²) in [5.74, 6) is -0.360. The summed E-state index contributed by atoms with van der Waals surface area (Å²) in [6.07, 6.45) is 5.32. The van der Waals surface area contributed by atoms with Crippen molar-refractivity contribution in [3.8, 4) is 0 Å². The molecule has 0 saturated heterocycles. The van der Waals surface area contributed by atoms with Crippen LogP contribution in [0.3, 0.4) is 0 Å². The lowest BCUT2D eigenvalue weighted by molar-refractivity contribution is 0.619. The Hall–Kier alpha value is -2.22. The molecule has 4 rings (SSSR count). The highest BCUT2D eigenvalue weighted by atomic mass is 35.5. The molecular formula is C17H12Cl2FN5S. The van der Waals surface area contributed by atoms with Gasteiger partial charge in [0.15, 0.2) is 5.13 Å². The third kappa shape index (κ3) is 3.65. The van der Waals surface area contributed by atoms with Crippen molar-refractivity contribution in [2.24, 2.45) is 0 Å². The van der Waals surface area contributed by atoms with Gasteiger partial charge in [0.25, 0.3) is 0 Å². The van der Waals surface area contributed by atoms with Crippen LogP contribution in [0.1, 0.15) is 16.1 Å². The third-order valence-corrected chi connectivity index (χ3v) is 5.44. The van der Waals surface area contributed by atoms with Crippen LogP contribution < -0.4 is 5.32 Å². The molecule has 9 heteroatoms. The van der Waals surface area contributed by atoms with E-state index in [4.69, 9.17) is 23.2 Å². The van der Waals surface area contributed by atoms with Crippen molar-refractivity contribution in [2.45, 2.75) is 13.0 Å². The summed E-state index contributed by atoms with van der Waals surface area (Å²) < 4.78 is 12.9. The average Bonchev–Trinajstić information content (AvgIpc) is 3.18. The van der Waals surface area contributed by atoms with Crippen LogP contribution in [0.5, 0.6) is 0 Å². The summed E-state index contributed by atoms with van der Waals surface area (Å²) in [5, 5.41) is 5.85. The van der Waals surface area contributed by atoms with Gasteiger partial charge in [-0.3, -0.25) is 4.98 Å². The zero-order valence-electron chi connectivity index (χ0n) is 13.3. The predicted molar refractivity (Wildman–Crippen MR) is 103 cm³/mol. The second kappa shape index (κ2) is 7.19. The van der Waals surface area contributed by atoms with Crippen molar-refractivity contribution >= 4 is 50.7 Å². The zero-order chi connectivity index (χ0) is 18.1. The minimum atomic E-state index is -0.360. The average molecular weight is 408 g/mol. The van der Waals surface area contributed by atoms with Crippen LogP contribution in [0.25, 0.3) is 11.0 Å². The summed E-state index contributed by atoms with van der Waals surface area (Å²) in [4.78, 5) is 16.7. The second-order valence-corrected chi connectivity index (χ2v) is 7.47. The van der Waals surface area contributed by atoms with Crippen LogP contribution in [0, 0.1) is 5.82 Å². The fraction of sp³-hybridized carbons (Fsp3) is 0.118. The van der Waals surface area contributed by atoms with Crippen molar-refractivity contribution in [2.75, 3.05) is 5.32 Å². The van der Waals surface area contributed by atoms with Gasteiger partial charge >= 0.3 is 0 Å². The second-order valence-electron chi connectivity index (χ2n) is 5.59. The SMILES string of the molecule is Fc1ccc(CNc2nc(Cl)c(Cc3c[nH]c4ncc(Cl)cc34)s2)nc1. The van der Waals surface area contributed by atoms with E-state index >= 15 is 0 Å². The summed E-state index contributed by atoms with van der Waals surface area (Å²) in [6, 6.07) is 4.88. The number of anilines is 1. The Bertz CT molecular complexity index is 1060. The molecule has 0 aliphatic rings. The Morgan fingerprint density at radius 1 is 1.19 bits per heavy atom. The van der Waals surface area contributed by atoms with Crippen molar-refractivity contribution in [3.63, 3.8) is 0 Å². The summed E-state index contributed by atoms with van der Waals surface area (Å²) >= 11 is 13.8. The standard InChI is InChI=1S/C17H12Cl2FN5S/c18-10-4-13-9(5-22-16(13)23-6-10)3-14-15(19)25-17(26-14)24-8-12-2-1-11(20)7-21-12/h1-2,4-7H,3,8H2,(H,22,23)(H,24,25). The minimum absolute atomic E-state index is 0.360. The molecule has 0 bridgehead atoms. The van der Waals surface area contributed by atoms with Crippen LogP contribution in [0.2, 0.25) is 10.2 Å². The van der Waals surface area contributed by atoms with Gasteiger partial charge in [-0.05, 0) is 23.8 Å². The molecule has 0 fully saturated rings. The molecule has 0 aromatic carbocycles. The van der Waals surface area contributed by atoms with Gasteiger partial charge < -0.3 is 10.3 Å². The van der Waals surface area contributed by atoms with Gasteiger partial charge in [0.05, 0.1) is 28.3 Å². The number of hydrogen-bond donors (Lipinski definition) is 2. The molecule has 0 spiro atoms. The first kappa shape index (κ1) is 17.2. The predicted octanol–water partition coefficient (Wildman–Crippen LogP) is 5.06. The smallest absolute Gasteiger partial charge is 0.184 e. The van der Waals surface area contributed by atoms with E-state index in [0.29, 0.717) is 28.3 Å². The Labute approximate surface area is 162 Å². The Morgan fingerprint density at radius 3 is 2.88 bits per heavy atom. The number of nitrogens with zero attached hydrogens (tertiary/aromatic N) is 3. The van der Waals surface area contributed by atoms with Crippen molar-refractivity contribution < 1.29 is 4.39 Å². The first-order valence-electron chi connectivity index (χ1n) is 7.69. The van der Waals surface area contributed by atoms with Gasteiger partial charge in [0.2, 0.25) is 0 Å². The Morgan fingerprint density at radius 2 is 2.08 bits per heavy atom. The van der Waals surface area contributed by atoms with Gasteiger partial charge in [-0.15, -0.1) is 11.3 Å². The Kier molecular flexibility index (Phi) is 4.76. The number of nitrogens with one attached hydrogen (secondary N) is 2. The van der Waals surface area contributed by atoms with Crippen molar-refractivity contribution in [1.29, 1.82) is 0 Å². The molecule has 0 saturated carbocycles. The molecule has 0 unspecified atom stereocenters. The van der Waals surface area contributed by atoms with Crippen LogP contribution >= 0.6 is 34.5 Å². The topological polar surface area (TPSA) is 66.5 Å². The molecular weight excluding hydrogens is 396 g/mol. The maximum absolute atomic E-state index is 12.9. The molecule has 5 nitrogen and oxygen atoms in total. The van der Waals surface area contributed by atoms with E-state index in [-0.39, 0.29) is 5.82 Å². The lowest BCUT2D eigenvalue weighted by Crippen LogP contribution is -2.01. The van der Waals surface area contributed by atoms with E-state index in [1.54, 1.807) is 12.3 Å². The molecule has 4 aromatic rings. The van der Waals surface area contributed by atoms with Crippen molar-refractivity contribution in [1.82, 2.24) is 19.9 Å². The quantitative estimate of drug-likeness (QED) is 0.484. The van der Waals surface area contributed by atoms with E-state index in [1.165, 1.54) is 23.6 Å². The number of aromatic amines is 1. The maximum Gasteiger partial charge on any atom is 0.184 e. The number of thiazole rings is 1.